The molecule has 0 saturated carbocycles. The van der Waals surface area contributed by atoms with Crippen LogP contribution in [0.4, 0.5) is 5.69 Å². The van der Waals surface area contributed by atoms with Crippen LogP contribution >= 0.6 is 11.8 Å². The molecule has 0 atom stereocenters. The van der Waals surface area contributed by atoms with Gasteiger partial charge in [0.25, 0.3) is 0 Å². The van der Waals surface area contributed by atoms with Gasteiger partial charge in [0.05, 0.1) is 17.4 Å². The average molecular weight is 372 g/mol. The lowest BCUT2D eigenvalue weighted by Gasteiger charge is -2.34. The van der Waals surface area contributed by atoms with E-state index in [1.807, 2.05) is 0 Å². The molecular weight excluding hydrogens is 348 g/mol. The molecule has 0 aliphatic carbocycles. The van der Waals surface area contributed by atoms with E-state index in [1.54, 1.807) is 45.8 Å². The number of amides is 2. The Balaban J connectivity index is 1.42. The number of nitrogens with zero attached hydrogens (tertiary/aromatic N) is 4. The molecule has 2 aliphatic heterocycles. The fraction of sp³-hybridized carbons (Fsp3) is 0.526. The van der Waals surface area contributed by atoms with E-state index in [9.17, 15) is 9.59 Å². The number of carbonyl (C=O) groups excluding carboxylic acids is 2. The van der Waals surface area contributed by atoms with E-state index in [0.29, 0.717) is 24.4 Å². The van der Waals surface area contributed by atoms with Crippen LogP contribution in [0, 0.1) is 11.3 Å². The van der Waals surface area contributed by atoms with Crippen molar-refractivity contribution in [1.82, 2.24) is 9.80 Å². The van der Waals surface area contributed by atoms with Crippen LogP contribution in [0.2, 0.25) is 0 Å². The zero-order chi connectivity index (χ0) is 18.4. The van der Waals surface area contributed by atoms with Crippen LogP contribution in [-0.2, 0) is 9.59 Å². The zero-order valence-electron chi connectivity index (χ0n) is 14.9. The summed E-state index contributed by atoms with van der Waals surface area (Å²) < 4.78 is 0. The predicted molar refractivity (Wildman–Crippen MR) is 103 cm³/mol. The minimum atomic E-state index is -0.0728. The van der Waals surface area contributed by atoms with Gasteiger partial charge in [0.15, 0.2) is 0 Å². The number of anilines is 1. The number of hydrogen-bond acceptors (Lipinski definition) is 5. The van der Waals surface area contributed by atoms with E-state index in [-0.39, 0.29) is 18.4 Å². The van der Waals surface area contributed by atoms with Crippen molar-refractivity contribution in [2.24, 2.45) is 0 Å². The molecule has 0 N–H and O–H groups in total. The molecule has 2 heterocycles. The fourth-order valence-corrected chi connectivity index (χ4v) is 4.21. The first kappa shape index (κ1) is 18.7. The molecule has 1 aromatic carbocycles. The largest absolute Gasteiger partial charge is 0.331 e. The number of carbonyl (C=O) groups is 2. The minimum Gasteiger partial charge on any atom is -0.331 e. The minimum absolute atomic E-state index is 0.0456. The first-order chi connectivity index (χ1) is 12.7. The van der Waals surface area contributed by atoms with Crippen molar-refractivity contribution in [1.29, 1.82) is 5.26 Å². The molecule has 2 saturated heterocycles. The maximum Gasteiger partial charge on any atom is 0.246 e. The highest BCUT2D eigenvalue weighted by molar-refractivity contribution is 7.99. The molecule has 6 nitrogen and oxygen atoms in total. The van der Waals surface area contributed by atoms with E-state index in [1.165, 1.54) is 25.9 Å². The number of piperazine rings is 1. The highest BCUT2D eigenvalue weighted by atomic mass is 32.2. The van der Waals surface area contributed by atoms with Gasteiger partial charge in [0.1, 0.15) is 6.54 Å². The molecule has 2 fully saturated rings. The molecule has 1 aromatic rings. The van der Waals surface area contributed by atoms with Crippen molar-refractivity contribution in [2.45, 2.75) is 12.8 Å². The molecule has 0 aromatic heterocycles. The Bertz CT molecular complexity index is 680. The summed E-state index contributed by atoms with van der Waals surface area (Å²) in [6.45, 7) is 4.58. The Morgan fingerprint density at radius 3 is 2.50 bits per heavy atom. The SMILES string of the molecule is N#Cc1ccc(N2CCN(C(=O)CSCCN3CCCC3)CC2=O)cc1. The second-order valence-electron chi connectivity index (χ2n) is 6.62. The molecule has 26 heavy (non-hydrogen) atoms. The maximum absolute atomic E-state index is 12.4. The second-order valence-corrected chi connectivity index (χ2v) is 7.73. The van der Waals surface area contributed by atoms with Crippen molar-refractivity contribution in [3.63, 3.8) is 0 Å². The van der Waals surface area contributed by atoms with Crippen molar-refractivity contribution < 1.29 is 9.59 Å². The normalized spacial score (nSPS) is 18.2. The molecule has 2 aliphatic rings. The zero-order valence-corrected chi connectivity index (χ0v) is 15.7. The van der Waals surface area contributed by atoms with E-state index >= 15 is 0 Å². The van der Waals surface area contributed by atoms with Crippen LogP contribution < -0.4 is 4.90 Å². The highest BCUT2D eigenvalue weighted by Gasteiger charge is 2.27. The Morgan fingerprint density at radius 2 is 1.85 bits per heavy atom. The van der Waals surface area contributed by atoms with Gasteiger partial charge in [-0.1, -0.05) is 0 Å². The number of likely N-dealkylation sites (tertiary alicyclic amines) is 1. The first-order valence-corrected chi connectivity index (χ1v) is 10.2. The van der Waals surface area contributed by atoms with Crippen molar-refractivity contribution in [2.75, 3.05) is 55.7 Å². The number of thioether (sulfide) groups is 1. The quantitative estimate of drug-likeness (QED) is 0.709. The monoisotopic (exact) mass is 372 g/mol. The number of benzene rings is 1. The third-order valence-corrected chi connectivity index (χ3v) is 5.78. The number of rotatable bonds is 6. The van der Waals surface area contributed by atoms with Crippen LogP contribution in [0.3, 0.4) is 0 Å². The van der Waals surface area contributed by atoms with Crippen LogP contribution in [-0.4, -0.2) is 72.4 Å². The van der Waals surface area contributed by atoms with Gasteiger partial charge in [0.2, 0.25) is 11.8 Å². The Morgan fingerprint density at radius 1 is 1.12 bits per heavy atom. The molecule has 0 spiro atoms. The van der Waals surface area contributed by atoms with Gasteiger partial charge in [-0.25, -0.2) is 0 Å². The second kappa shape index (κ2) is 9.06. The summed E-state index contributed by atoms with van der Waals surface area (Å²) in [6, 6.07) is 9.04. The summed E-state index contributed by atoms with van der Waals surface area (Å²) in [6.07, 6.45) is 2.57. The molecule has 0 bridgehead atoms. The van der Waals surface area contributed by atoms with Gasteiger partial charge in [-0.3, -0.25) is 9.59 Å². The molecular formula is C19H24N4O2S. The Hall–Kier alpha value is -2.04. The number of nitriles is 1. The van der Waals surface area contributed by atoms with Crippen LogP contribution in [0.15, 0.2) is 24.3 Å². The Labute approximate surface area is 158 Å². The maximum atomic E-state index is 12.4. The molecule has 0 unspecified atom stereocenters. The molecule has 3 rings (SSSR count). The van der Waals surface area contributed by atoms with Crippen molar-refractivity contribution in [3.8, 4) is 6.07 Å². The third-order valence-electron chi connectivity index (χ3n) is 4.86. The third kappa shape index (κ3) is 4.77. The van der Waals surface area contributed by atoms with Crippen LogP contribution in [0.25, 0.3) is 0 Å². The lowest BCUT2D eigenvalue weighted by atomic mass is 10.2. The molecule has 7 heteroatoms. The molecule has 0 radical (unpaired) electrons. The van der Waals surface area contributed by atoms with Gasteiger partial charge in [0, 0.05) is 31.1 Å². The summed E-state index contributed by atoms with van der Waals surface area (Å²) in [7, 11) is 0. The molecule has 138 valence electrons. The van der Waals surface area contributed by atoms with Gasteiger partial charge < -0.3 is 14.7 Å². The van der Waals surface area contributed by atoms with Gasteiger partial charge >= 0.3 is 0 Å². The average Bonchev–Trinajstić information content (AvgIpc) is 3.18. The van der Waals surface area contributed by atoms with Crippen LogP contribution in [0.5, 0.6) is 0 Å². The van der Waals surface area contributed by atoms with E-state index in [2.05, 4.69) is 11.0 Å². The summed E-state index contributed by atoms with van der Waals surface area (Å²) in [4.78, 5) is 30.6. The summed E-state index contributed by atoms with van der Waals surface area (Å²) in [5.74, 6) is 1.38. The molecule has 2 amide bonds. The topological polar surface area (TPSA) is 67.7 Å². The lowest BCUT2D eigenvalue weighted by Crippen LogP contribution is -2.52. The summed E-state index contributed by atoms with van der Waals surface area (Å²) >= 11 is 1.66. The van der Waals surface area contributed by atoms with Gasteiger partial charge in [-0.15, -0.1) is 0 Å². The van der Waals surface area contributed by atoms with E-state index in [4.69, 9.17) is 5.26 Å². The van der Waals surface area contributed by atoms with Gasteiger partial charge in [-0.05, 0) is 50.2 Å². The summed E-state index contributed by atoms with van der Waals surface area (Å²) in [5, 5.41) is 8.86. The van der Waals surface area contributed by atoms with Crippen LogP contribution in [0.1, 0.15) is 18.4 Å². The predicted octanol–water partition coefficient (Wildman–Crippen LogP) is 1.56. The van der Waals surface area contributed by atoms with Gasteiger partial charge in [-0.2, -0.15) is 17.0 Å². The lowest BCUT2D eigenvalue weighted by molar-refractivity contribution is -0.134. The highest BCUT2D eigenvalue weighted by Crippen LogP contribution is 2.18. The smallest absolute Gasteiger partial charge is 0.246 e. The van der Waals surface area contributed by atoms with E-state index in [0.717, 1.165) is 18.0 Å². The summed E-state index contributed by atoms with van der Waals surface area (Å²) in [5.41, 5.74) is 1.35. The Kier molecular flexibility index (Phi) is 6.53. The van der Waals surface area contributed by atoms with Crippen molar-refractivity contribution >= 4 is 29.3 Å². The number of hydrogen-bond donors (Lipinski definition) is 0. The standard InChI is InChI=1S/C19H24N4O2S/c20-13-16-3-5-17(6-4-16)23-10-9-22(14-18(23)24)19(25)15-26-12-11-21-7-1-2-8-21/h3-6H,1-2,7-12,14-15H2. The first-order valence-electron chi connectivity index (χ1n) is 9.06. The van der Waals surface area contributed by atoms with E-state index < -0.39 is 0 Å². The van der Waals surface area contributed by atoms with Crippen molar-refractivity contribution in [3.05, 3.63) is 29.8 Å². The fourth-order valence-electron chi connectivity index (χ4n) is 3.33.